The molecule has 0 aliphatic rings. The highest BCUT2D eigenvalue weighted by Gasteiger charge is 2.18. The monoisotopic (exact) mass is 415 g/mol. The van der Waals surface area contributed by atoms with E-state index in [1.165, 1.54) is 77.0 Å². The third kappa shape index (κ3) is 19.1. The van der Waals surface area contributed by atoms with Crippen LogP contribution in [0.15, 0.2) is 0 Å². The maximum Gasteiger partial charge on any atom is 0.251 e. The number of nitrogens with one attached hydrogen (secondary N) is 1. The van der Waals surface area contributed by atoms with E-state index in [0.29, 0.717) is 6.61 Å². The number of aliphatic hydroxyl groups excluding tert-OH is 2. The fraction of sp³-hybridized carbons (Fsp3) is 0.958. The first-order chi connectivity index (χ1) is 14.2. The maximum atomic E-state index is 11.9. The molecule has 0 saturated heterocycles. The molecule has 2 unspecified atom stereocenters. The standard InChI is InChI=1S/C24H49NO4/c1-3-5-7-9-11-12-14-16-19-29-20-18-22(25-24(28)23(27)21-26)17-15-13-10-8-6-4-2/h22-23,26-27H,3-21H2,1-2H3,(H,25,28). The minimum Gasteiger partial charge on any atom is -0.393 e. The summed E-state index contributed by atoms with van der Waals surface area (Å²) in [6, 6.07) is 0.00782. The van der Waals surface area contributed by atoms with Gasteiger partial charge in [-0.15, -0.1) is 0 Å². The van der Waals surface area contributed by atoms with Crippen LogP contribution in [-0.4, -0.2) is 48.1 Å². The number of hydrogen-bond acceptors (Lipinski definition) is 4. The predicted molar refractivity (Wildman–Crippen MR) is 121 cm³/mol. The summed E-state index contributed by atoms with van der Waals surface area (Å²) >= 11 is 0. The van der Waals surface area contributed by atoms with Gasteiger partial charge in [-0.25, -0.2) is 0 Å². The fourth-order valence-electron chi connectivity index (χ4n) is 3.51. The van der Waals surface area contributed by atoms with E-state index in [0.717, 1.165) is 32.3 Å². The van der Waals surface area contributed by atoms with Crippen LogP contribution in [0.5, 0.6) is 0 Å². The van der Waals surface area contributed by atoms with Gasteiger partial charge in [-0.2, -0.15) is 0 Å². The van der Waals surface area contributed by atoms with E-state index in [9.17, 15) is 9.90 Å². The molecule has 0 spiro atoms. The Morgan fingerprint density at radius 2 is 1.28 bits per heavy atom. The van der Waals surface area contributed by atoms with E-state index in [1.807, 2.05) is 0 Å². The third-order valence-electron chi connectivity index (χ3n) is 5.48. The van der Waals surface area contributed by atoms with Crippen LogP contribution < -0.4 is 5.32 Å². The van der Waals surface area contributed by atoms with E-state index >= 15 is 0 Å². The van der Waals surface area contributed by atoms with Crippen LogP contribution in [0.1, 0.15) is 117 Å². The molecule has 29 heavy (non-hydrogen) atoms. The van der Waals surface area contributed by atoms with Crippen LogP contribution >= 0.6 is 0 Å². The number of unbranched alkanes of at least 4 members (excludes halogenated alkanes) is 12. The second-order valence-electron chi connectivity index (χ2n) is 8.34. The van der Waals surface area contributed by atoms with E-state index in [-0.39, 0.29) is 6.04 Å². The van der Waals surface area contributed by atoms with Crippen molar-refractivity contribution in [1.29, 1.82) is 0 Å². The van der Waals surface area contributed by atoms with Crippen molar-refractivity contribution in [2.24, 2.45) is 0 Å². The van der Waals surface area contributed by atoms with Crippen molar-refractivity contribution in [1.82, 2.24) is 5.32 Å². The van der Waals surface area contributed by atoms with Gasteiger partial charge >= 0.3 is 0 Å². The first kappa shape index (κ1) is 28.4. The molecule has 0 aromatic rings. The van der Waals surface area contributed by atoms with Gasteiger partial charge in [-0.05, 0) is 19.3 Å². The normalized spacial score (nSPS) is 13.4. The highest BCUT2D eigenvalue weighted by Crippen LogP contribution is 2.12. The first-order valence-electron chi connectivity index (χ1n) is 12.3. The Hall–Kier alpha value is -0.650. The average molecular weight is 416 g/mol. The van der Waals surface area contributed by atoms with Crippen molar-refractivity contribution in [2.45, 2.75) is 129 Å². The lowest BCUT2D eigenvalue weighted by Gasteiger charge is -2.20. The zero-order chi connectivity index (χ0) is 21.6. The summed E-state index contributed by atoms with van der Waals surface area (Å²) in [5.74, 6) is -0.480. The molecule has 2 atom stereocenters. The molecule has 0 aromatic carbocycles. The molecule has 0 saturated carbocycles. The number of hydrogen-bond donors (Lipinski definition) is 3. The third-order valence-corrected chi connectivity index (χ3v) is 5.48. The lowest BCUT2D eigenvalue weighted by atomic mass is 10.0. The van der Waals surface area contributed by atoms with E-state index in [1.54, 1.807) is 0 Å². The molecule has 0 bridgehead atoms. The van der Waals surface area contributed by atoms with E-state index in [4.69, 9.17) is 9.84 Å². The number of aliphatic hydroxyl groups is 2. The smallest absolute Gasteiger partial charge is 0.251 e. The highest BCUT2D eigenvalue weighted by molar-refractivity contribution is 5.80. The first-order valence-corrected chi connectivity index (χ1v) is 12.3. The Balaban J connectivity index is 3.88. The Morgan fingerprint density at radius 1 is 0.759 bits per heavy atom. The summed E-state index contributed by atoms with van der Waals surface area (Å²) < 4.78 is 5.77. The lowest BCUT2D eigenvalue weighted by molar-refractivity contribution is -0.132. The summed E-state index contributed by atoms with van der Waals surface area (Å²) in [6.45, 7) is 5.34. The summed E-state index contributed by atoms with van der Waals surface area (Å²) in [5, 5.41) is 21.3. The van der Waals surface area contributed by atoms with Crippen LogP contribution in [0.25, 0.3) is 0 Å². The second kappa shape index (κ2) is 22.0. The van der Waals surface area contributed by atoms with Gasteiger partial charge in [0.25, 0.3) is 5.91 Å². The Bertz CT molecular complexity index is 352. The number of carbonyl (C=O) groups is 1. The Morgan fingerprint density at radius 3 is 1.83 bits per heavy atom. The minimum atomic E-state index is -1.33. The lowest BCUT2D eigenvalue weighted by Crippen LogP contribution is -2.43. The molecule has 0 rings (SSSR count). The molecule has 174 valence electrons. The summed E-state index contributed by atoms with van der Waals surface area (Å²) in [5.41, 5.74) is 0. The molecule has 0 aliphatic heterocycles. The Kier molecular flexibility index (Phi) is 21.6. The van der Waals surface area contributed by atoms with Crippen LogP contribution in [-0.2, 0) is 9.53 Å². The summed E-state index contributed by atoms with van der Waals surface area (Å²) in [6.07, 6.45) is 18.0. The van der Waals surface area contributed by atoms with Crippen LogP contribution in [0, 0.1) is 0 Å². The van der Waals surface area contributed by atoms with Crippen molar-refractivity contribution < 1.29 is 19.7 Å². The minimum absolute atomic E-state index is 0.00782. The zero-order valence-corrected chi connectivity index (χ0v) is 19.3. The molecule has 0 heterocycles. The predicted octanol–water partition coefficient (Wildman–Crippen LogP) is 5.12. The van der Waals surface area contributed by atoms with Crippen molar-refractivity contribution >= 4 is 5.91 Å². The van der Waals surface area contributed by atoms with Crippen LogP contribution in [0.2, 0.25) is 0 Å². The number of rotatable bonds is 22. The second-order valence-corrected chi connectivity index (χ2v) is 8.34. The highest BCUT2D eigenvalue weighted by atomic mass is 16.5. The van der Waals surface area contributed by atoms with Gasteiger partial charge < -0.3 is 20.3 Å². The van der Waals surface area contributed by atoms with Crippen molar-refractivity contribution in [3.63, 3.8) is 0 Å². The topological polar surface area (TPSA) is 78.8 Å². The SMILES string of the molecule is CCCCCCCCCCOCCC(CCCCCCCC)NC(=O)C(O)CO. The quantitative estimate of drug-likeness (QED) is 0.214. The van der Waals surface area contributed by atoms with E-state index in [2.05, 4.69) is 19.2 Å². The summed E-state index contributed by atoms with van der Waals surface area (Å²) in [7, 11) is 0. The van der Waals surface area contributed by atoms with Gasteiger partial charge in [0.15, 0.2) is 6.10 Å². The average Bonchev–Trinajstić information content (AvgIpc) is 2.73. The van der Waals surface area contributed by atoms with Gasteiger partial charge in [-0.1, -0.05) is 97.3 Å². The number of carbonyl (C=O) groups excluding carboxylic acids is 1. The maximum absolute atomic E-state index is 11.9. The molecule has 0 fully saturated rings. The van der Waals surface area contributed by atoms with Crippen molar-refractivity contribution in [2.75, 3.05) is 19.8 Å². The van der Waals surface area contributed by atoms with Gasteiger partial charge in [0, 0.05) is 19.3 Å². The number of amides is 1. The van der Waals surface area contributed by atoms with Crippen LogP contribution in [0.4, 0.5) is 0 Å². The molecule has 3 N–H and O–H groups in total. The molecule has 1 amide bonds. The molecular weight excluding hydrogens is 366 g/mol. The molecule has 0 aliphatic carbocycles. The van der Waals surface area contributed by atoms with E-state index < -0.39 is 18.6 Å². The Labute approximate surface area is 180 Å². The molecule has 0 aromatic heterocycles. The molecule has 0 radical (unpaired) electrons. The van der Waals surface area contributed by atoms with Gasteiger partial charge in [0.2, 0.25) is 0 Å². The van der Waals surface area contributed by atoms with Gasteiger partial charge in [0.1, 0.15) is 0 Å². The molecular formula is C24H49NO4. The van der Waals surface area contributed by atoms with Crippen molar-refractivity contribution in [3.8, 4) is 0 Å². The van der Waals surface area contributed by atoms with Gasteiger partial charge in [-0.3, -0.25) is 4.79 Å². The summed E-state index contributed by atoms with van der Waals surface area (Å²) in [4.78, 5) is 11.9. The molecule has 5 nitrogen and oxygen atoms in total. The van der Waals surface area contributed by atoms with Gasteiger partial charge in [0.05, 0.1) is 6.61 Å². The zero-order valence-electron chi connectivity index (χ0n) is 19.3. The number of ether oxygens (including phenoxy) is 1. The molecule has 5 heteroatoms. The van der Waals surface area contributed by atoms with Crippen LogP contribution in [0.3, 0.4) is 0 Å². The van der Waals surface area contributed by atoms with Crippen molar-refractivity contribution in [3.05, 3.63) is 0 Å². The fourth-order valence-corrected chi connectivity index (χ4v) is 3.51. The largest absolute Gasteiger partial charge is 0.393 e.